The zero-order valence-corrected chi connectivity index (χ0v) is 18.0. The molecule has 1 atom stereocenters. The Morgan fingerprint density at radius 1 is 1.10 bits per heavy atom. The number of rotatable bonds is 7. The molecule has 162 valence electrons. The van der Waals surface area contributed by atoms with Crippen LogP contribution in [0.5, 0.6) is 0 Å². The van der Waals surface area contributed by atoms with Gasteiger partial charge in [0, 0.05) is 12.3 Å². The third kappa shape index (κ3) is 5.48. The van der Waals surface area contributed by atoms with Crippen LogP contribution >= 0.6 is 0 Å². The van der Waals surface area contributed by atoms with Crippen LogP contribution in [0.15, 0.2) is 58.0 Å². The van der Waals surface area contributed by atoms with E-state index in [9.17, 15) is 14.4 Å². The first-order valence-corrected chi connectivity index (χ1v) is 10.1. The third-order valence-corrected chi connectivity index (χ3v) is 4.92. The summed E-state index contributed by atoms with van der Waals surface area (Å²) in [6.45, 7) is 7.55. The molecule has 8 heteroatoms. The van der Waals surface area contributed by atoms with E-state index in [2.05, 4.69) is 29.6 Å². The Bertz CT molecular complexity index is 1130. The highest BCUT2D eigenvalue weighted by Crippen LogP contribution is 2.18. The highest BCUT2D eigenvalue weighted by molar-refractivity contribution is 5.94. The van der Waals surface area contributed by atoms with E-state index < -0.39 is 17.4 Å². The summed E-state index contributed by atoms with van der Waals surface area (Å²) in [4.78, 5) is 37.6. The summed E-state index contributed by atoms with van der Waals surface area (Å²) in [5.74, 6) is 0.298. The monoisotopic (exact) mass is 422 g/mol. The van der Waals surface area contributed by atoms with Crippen molar-refractivity contribution in [3.8, 4) is 0 Å². The molecule has 0 radical (unpaired) electrons. The quantitative estimate of drug-likeness (QED) is 0.607. The van der Waals surface area contributed by atoms with Gasteiger partial charge in [0.05, 0.1) is 6.04 Å². The molecule has 2 N–H and O–H groups in total. The molecule has 1 aromatic carbocycles. The Balaban J connectivity index is 1.68. The smallest absolute Gasteiger partial charge is 0.263 e. The number of amides is 2. The largest absolute Gasteiger partial charge is 0.360 e. The van der Waals surface area contributed by atoms with Crippen LogP contribution < -0.4 is 16.2 Å². The molecule has 0 unspecified atom stereocenters. The minimum atomic E-state index is -0.547. The van der Waals surface area contributed by atoms with Crippen molar-refractivity contribution in [3.63, 3.8) is 0 Å². The number of aryl methyl sites for hydroxylation is 1. The van der Waals surface area contributed by atoms with Gasteiger partial charge in [-0.05, 0) is 43.0 Å². The SMILES string of the molecule is Cc1cc(NC(=O)Cn2cccc(C(=O)N[C@@H](C)c3ccc(C(C)C)cc3)c2=O)no1. The Morgan fingerprint density at radius 2 is 1.77 bits per heavy atom. The van der Waals surface area contributed by atoms with Gasteiger partial charge in [-0.3, -0.25) is 14.4 Å². The second-order valence-corrected chi connectivity index (χ2v) is 7.74. The summed E-state index contributed by atoms with van der Waals surface area (Å²) in [5, 5.41) is 9.08. The second-order valence-electron chi connectivity index (χ2n) is 7.74. The van der Waals surface area contributed by atoms with E-state index in [1.54, 1.807) is 19.1 Å². The highest BCUT2D eigenvalue weighted by atomic mass is 16.5. The fourth-order valence-electron chi connectivity index (χ4n) is 3.12. The highest BCUT2D eigenvalue weighted by Gasteiger charge is 2.17. The van der Waals surface area contributed by atoms with Crippen LogP contribution in [0.25, 0.3) is 0 Å². The number of aromatic nitrogens is 2. The van der Waals surface area contributed by atoms with Crippen molar-refractivity contribution in [3.05, 3.63) is 81.5 Å². The van der Waals surface area contributed by atoms with Gasteiger partial charge in [-0.25, -0.2) is 0 Å². The molecule has 0 spiro atoms. The van der Waals surface area contributed by atoms with Crippen LogP contribution in [0, 0.1) is 6.92 Å². The predicted octanol–water partition coefficient (Wildman–Crippen LogP) is 3.40. The van der Waals surface area contributed by atoms with E-state index in [-0.39, 0.29) is 24.0 Å². The van der Waals surface area contributed by atoms with E-state index in [1.165, 1.54) is 22.4 Å². The van der Waals surface area contributed by atoms with Crippen LogP contribution in [0.2, 0.25) is 0 Å². The summed E-state index contributed by atoms with van der Waals surface area (Å²) in [7, 11) is 0. The topological polar surface area (TPSA) is 106 Å². The maximum Gasteiger partial charge on any atom is 0.263 e. The van der Waals surface area contributed by atoms with Crippen LogP contribution in [-0.4, -0.2) is 21.5 Å². The van der Waals surface area contributed by atoms with Gasteiger partial charge in [0.15, 0.2) is 5.82 Å². The van der Waals surface area contributed by atoms with E-state index in [1.807, 2.05) is 31.2 Å². The summed E-state index contributed by atoms with van der Waals surface area (Å²) in [5.41, 5.74) is 1.58. The van der Waals surface area contributed by atoms with Crippen molar-refractivity contribution >= 4 is 17.6 Å². The molecule has 0 fully saturated rings. The average Bonchev–Trinajstić information content (AvgIpc) is 3.13. The molecule has 0 saturated carbocycles. The van der Waals surface area contributed by atoms with E-state index in [0.717, 1.165) is 5.56 Å². The van der Waals surface area contributed by atoms with Gasteiger partial charge < -0.3 is 19.7 Å². The van der Waals surface area contributed by atoms with E-state index in [4.69, 9.17) is 4.52 Å². The predicted molar refractivity (Wildman–Crippen MR) is 117 cm³/mol. The first kappa shape index (κ1) is 22.0. The number of nitrogens with zero attached hydrogens (tertiary/aromatic N) is 2. The van der Waals surface area contributed by atoms with Gasteiger partial charge in [0.2, 0.25) is 5.91 Å². The first-order valence-electron chi connectivity index (χ1n) is 10.1. The molecule has 0 aliphatic carbocycles. The Morgan fingerprint density at radius 3 is 2.39 bits per heavy atom. The summed E-state index contributed by atoms with van der Waals surface area (Å²) in [6.07, 6.45) is 1.46. The number of nitrogens with one attached hydrogen (secondary N) is 2. The lowest BCUT2D eigenvalue weighted by Crippen LogP contribution is -2.35. The molecule has 31 heavy (non-hydrogen) atoms. The molecular formula is C23H26N4O4. The molecule has 2 amide bonds. The minimum Gasteiger partial charge on any atom is -0.360 e. The summed E-state index contributed by atoms with van der Waals surface area (Å²) >= 11 is 0. The number of hydrogen-bond donors (Lipinski definition) is 2. The molecule has 0 aliphatic heterocycles. The molecular weight excluding hydrogens is 396 g/mol. The number of carbonyl (C=O) groups excluding carboxylic acids is 2. The molecule has 0 aliphatic rings. The van der Waals surface area contributed by atoms with Gasteiger partial charge >= 0.3 is 0 Å². The second kappa shape index (κ2) is 9.42. The van der Waals surface area contributed by atoms with Gasteiger partial charge in [0.25, 0.3) is 11.5 Å². The number of carbonyl (C=O) groups is 2. The van der Waals surface area contributed by atoms with Crippen LogP contribution in [-0.2, 0) is 11.3 Å². The van der Waals surface area contributed by atoms with Crippen LogP contribution in [0.3, 0.4) is 0 Å². The van der Waals surface area contributed by atoms with Crippen LogP contribution in [0.4, 0.5) is 5.82 Å². The van der Waals surface area contributed by atoms with Crippen molar-refractivity contribution < 1.29 is 14.1 Å². The molecule has 8 nitrogen and oxygen atoms in total. The van der Waals surface area contributed by atoms with Crippen molar-refractivity contribution in [1.82, 2.24) is 15.0 Å². The number of pyridine rings is 1. The zero-order valence-electron chi connectivity index (χ0n) is 18.0. The maximum atomic E-state index is 12.7. The standard InChI is InChI=1S/C23H26N4O4/c1-14(2)17-7-9-18(10-8-17)16(4)24-22(29)19-6-5-11-27(23(19)30)13-21(28)25-20-12-15(3)31-26-20/h5-12,14,16H,13H2,1-4H3,(H,24,29)(H,25,26,28)/t16-/m0/s1. The first-order chi connectivity index (χ1) is 14.7. The number of benzene rings is 1. The Hall–Kier alpha value is -3.68. The average molecular weight is 422 g/mol. The van der Waals surface area contributed by atoms with Crippen LogP contribution in [0.1, 0.15) is 60.0 Å². The number of anilines is 1. The number of hydrogen-bond acceptors (Lipinski definition) is 5. The van der Waals surface area contributed by atoms with E-state index >= 15 is 0 Å². The fraction of sp³-hybridized carbons (Fsp3) is 0.304. The fourth-order valence-corrected chi connectivity index (χ4v) is 3.12. The van der Waals surface area contributed by atoms with Gasteiger partial charge in [0.1, 0.15) is 17.9 Å². The minimum absolute atomic E-state index is 0.0294. The van der Waals surface area contributed by atoms with E-state index in [0.29, 0.717) is 11.7 Å². The summed E-state index contributed by atoms with van der Waals surface area (Å²) in [6, 6.07) is 12.3. The molecule has 0 bridgehead atoms. The molecule has 2 aromatic heterocycles. The molecule has 0 saturated heterocycles. The lowest BCUT2D eigenvalue weighted by molar-refractivity contribution is -0.116. The van der Waals surface area contributed by atoms with Crippen molar-refractivity contribution in [2.75, 3.05) is 5.32 Å². The van der Waals surface area contributed by atoms with Crippen molar-refractivity contribution in [2.24, 2.45) is 0 Å². The van der Waals surface area contributed by atoms with Crippen molar-refractivity contribution in [2.45, 2.75) is 46.2 Å². The summed E-state index contributed by atoms with van der Waals surface area (Å²) < 4.78 is 6.08. The van der Waals surface area contributed by atoms with Gasteiger partial charge in [-0.15, -0.1) is 0 Å². The Kier molecular flexibility index (Phi) is 6.69. The lowest BCUT2D eigenvalue weighted by Gasteiger charge is -2.16. The molecule has 2 heterocycles. The molecule has 3 rings (SSSR count). The molecule has 3 aromatic rings. The van der Waals surface area contributed by atoms with Crippen molar-refractivity contribution in [1.29, 1.82) is 0 Å². The lowest BCUT2D eigenvalue weighted by atomic mass is 9.99. The Labute approximate surface area is 180 Å². The third-order valence-electron chi connectivity index (χ3n) is 4.92. The normalized spacial score (nSPS) is 11.9. The maximum absolute atomic E-state index is 12.7. The zero-order chi connectivity index (χ0) is 22.5. The van der Waals surface area contributed by atoms with Gasteiger partial charge in [-0.1, -0.05) is 43.3 Å². The van der Waals surface area contributed by atoms with Gasteiger partial charge in [-0.2, -0.15) is 0 Å².